The van der Waals surface area contributed by atoms with Gasteiger partial charge in [-0.2, -0.15) is 0 Å². The third-order valence-electron chi connectivity index (χ3n) is 3.70. The summed E-state index contributed by atoms with van der Waals surface area (Å²) in [6.45, 7) is 2.10. The number of ether oxygens (including phenoxy) is 1. The van der Waals surface area contributed by atoms with Gasteiger partial charge in [-0.1, -0.05) is 25.5 Å². The van der Waals surface area contributed by atoms with Gasteiger partial charge in [-0.15, -0.1) is 0 Å². The molecule has 0 fully saturated rings. The van der Waals surface area contributed by atoms with Crippen LogP contribution >= 0.6 is 0 Å². The summed E-state index contributed by atoms with van der Waals surface area (Å²) in [6.07, 6.45) is 3.59. The van der Waals surface area contributed by atoms with E-state index in [0.717, 1.165) is 18.5 Å². The molecule has 5 nitrogen and oxygen atoms in total. The first-order valence-corrected chi connectivity index (χ1v) is 7.74. The van der Waals surface area contributed by atoms with E-state index in [4.69, 9.17) is 4.74 Å². The number of benzene rings is 1. The molecule has 0 spiro atoms. The summed E-state index contributed by atoms with van der Waals surface area (Å²) in [5.41, 5.74) is 1.61. The molecule has 122 valence electrons. The predicted molar refractivity (Wildman–Crippen MR) is 91.7 cm³/mol. The van der Waals surface area contributed by atoms with Crippen molar-refractivity contribution in [3.63, 3.8) is 0 Å². The van der Waals surface area contributed by atoms with Crippen LogP contribution in [0.3, 0.4) is 0 Å². The second kappa shape index (κ2) is 8.17. The molecule has 0 aliphatic carbocycles. The number of methoxy groups -OCH3 is 1. The van der Waals surface area contributed by atoms with Gasteiger partial charge in [-0.05, 0) is 30.7 Å². The van der Waals surface area contributed by atoms with Gasteiger partial charge in [0.2, 0.25) is 0 Å². The van der Waals surface area contributed by atoms with E-state index in [1.54, 1.807) is 31.3 Å². The molecule has 5 heteroatoms. The topological polar surface area (TPSA) is 54.5 Å². The van der Waals surface area contributed by atoms with Gasteiger partial charge < -0.3 is 15.0 Å². The van der Waals surface area contributed by atoms with Crippen LogP contribution < -0.4 is 10.1 Å². The Balaban J connectivity index is 2.12. The second-order valence-electron chi connectivity index (χ2n) is 5.33. The van der Waals surface area contributed by atoms with Crippen LogP contribution in [0.5, 0.6) is 5.75 Å². The lowest BCUT2D eigenvalue weighted by Gasteiger charge is -2.27. The van der Waals surface area contributed by atoms with Gasteiger partial charge in [0.25, 0.3) is 0 Å². The molecule has 1 aromatic heterocycles. The van der Waals surface area contributed by atoms with E-state index in [2.05, 4.69) is 17.2 Å². The number of carbonyl (C=O) groups excluding carboxylic acids is 1. The highest BCUT2D eigenvalue weighted by atomic mass is 16.5. The summed E-state index contributed by atoms with van der Waals surface area (Å²) in [5.74, 6) is 0.709. The van der Waals surface area contributed by atoms with Crippen molar-refractivity contribution in [2.45, 2.75) is 25.8 Å². The molecule has 0 aliphatic rings. The number of hydrogen-bond acceptors (Lipinski definition) is 3. The quantitative estimate of drug-likeness (QED) is 0.873. The molecule has 2 aromatic rings. The number of aromatic nitrogens is 1. The molecule has 0 aliphatic heterocycles. The van der Waals surface area contributed by atoms with Gasteiger partial charge >= 0.3 is 6.03 Å². The number of amides is 2. The zero-order valence-electron chi connectivity index (χ0n) is 13.8. The monoisotopic (exact) mass is 313 g/mol. The second-order valence-corrected chi connectivity index (χ2v) is 5.33. The van der Waals surface area contributed by atoms with Crippen molar-refractivity contribution in [2.24, 2.45) is 0 Å². The summed E-state index contributed by atoms with van der Waals surface area (Å²) in [5, 5.41) is 2.90. The fraction of sp³-hybridized carbons (Fsp3) is 0.333. The number of pyridine rings is 1. The fourth-order valence-electron chi connectivity index (χ4n) is 2.44. The van der Waals surface area contributed by atoms with Gasteiger partial charge in [0.15, 0.2) is 0 Å². The van der Waals surface area contributed by atoms with Gasteiger partial charge in [0.1, 0.15) is 5.75 Å². The minimum Gasteiger partial charge on any atom is -0.497 e. The molecule has 1 N–H and O–H groups in total. The molecular weight excluding hydrogens is 290 g/mol. The van der Waals surface area contributed by atoms with Crippen molar-refractivity contribution < 1.29 is 9.53 Å². The number of hydrogen-bond donors (Lipinski definition) is 1. The Bertz CT molecular complexity index is 631. The van der Waals surface area contributed by atoms with Crippen molar-refractivity contribution in [1.29, 1.82) is 0 Å². The molecule has 1 heterocycles. The lowest BCUT2D eigenvalue weighted by Crippen LogP contribution is -2.35. The van der Waals surface area contributed by atoms with E-state index in [0.29, 0.717) is 11.4 Å². The SMILES string of the molecule is CCCC(c1ccccn1)N(C)C(=O)Nc1cccc(OC)c1. The molecule has 2 amide bonds. The number of anilines is 1. The van der Waals surface area contributed by atoms with Crippen LogP contribution in [0, 0.1) is 0 Å². The van der Waals surface area contributed by atoms with Crippen molar-refractivity contribution in [3.8, 4) is 5.75 Å². The van der Waals surface area contributed by atoms with Gasteiger partial charge in [-0.25, -0.2) is 4.79 Å². The Morgan fingerprint density at radius 1 is 1.30 bits per heavy atom. The zero-order chi connectivity index (χ0) is 16.7. The molecule has 0 saturated heterocycles. The Labute approximate surface area is 137 Å². The standard InChI is InChI=1S/C18H23N3O2/c1-4-8-17(16-11-5-6-12-19-16)21(2)18(22)20-14-9-7-10-15(13-14)23-3/h5-7,9-13,17H,4,8H2,1-3H3,(H,20,22). The summed E-state index contributed by atoms with van der Waals surface area (Å²) in [4.78, 5) is 18.6. The van der Waals surface area contributed by atoms with Gasteiger partial charge in [0, 0.05) is 25.0 Å². The number of nitrogens with zero attached hydrogens (tertiary/aromatic N) is 2. The lowest BCUT2D eigenvalue weighted by atomic mass is 10.1. The minimum atomic E-state index is -0.164. The van der Waals surface area contributed by atoms with Crippen molar-refractivity contribution in [3.05, 3.63) is 54.4 Å². The third-order valence-corrected chi connectivity index (χ3v) is 3.70. The summed E-state index contributed by atoms with van der Waals surface area (Å²) in [7, 11) is 3.40. The van der Waals surface area contributed by atoms with Crippen LogP contribution in [0.4, 0.5) is 10.5 Å². The maximum Gasteiger partial charge on any atom is 0.322 e. The van der Waals surface area contributed by atoms with Gasteiger partial charge in [-0.3, -0.25) is 4.98 Å². The maximum atomic E-state index is 12.5. The molecule has 0 saturated carbocycles. The van der Waals surface area contributed by atoms with Crippen LogP contribution in [0.25, 0.3) is 0 Å². The number of urea groups is 1. The summed E-state index contributed by atoms with van der Waals surface area (Å²) >= 11 is 0. The van der Waals surface area contributed by atoms with Crippen LogP contribution in [0.1, 0.15) is 31.5 Å². The molecule has 23 heavy (non-hydrogen) atoms. The zero-order valence-corrected chi connectivity index (χ0v) is 13.8. The van der Waals surface area contributed by atoms with Crippen LogP contribution in [0.2, 0.25) is 0 Å². The average Bonchev–Trinajstić information content (AvgIpc) is 2.60. The first kappa shape index (κ1) is 16.8. The molecule has 1 aromatic carbocycles. The first-order chi connectivity index (χ1) is 11.2. The highest BCUT2D eigenvalue weighted by molar-refractivity contribution is 5.89. The third kappa shape index (κ3) is 4.45. The Morgan fingerprint density at radius 3 is 2.78 bits per heavy atom. The molecule has 1 atom stereocenters. The normalized spacial score (nSPS) is 11.6. The smallest absolute Gasteiger partial charge is 0.322 e. The van der Waals surface area contributed by atoms with Crippen molar-refractivity contribution in [1.82, 2.24) is 9.88 Å². The highest BCUT2D eigenvalue weighted by Crippen LogP contribution is 2.24. The summed E-state index contributed by atoms with van der Waals surface area (Å²) in [6, 6.07) is 12.9. The molecule has 0 radical (unpaired) electrons. The molecular formula is C18H23N3O2. The largest absolute Gasteiger partial charge is 0.497 e. The first-order valence-electron chi connectivity index (χ1n) is 7.74. The highest BCUT2D eigenvalue weighted by Gasteiger charge is 2.22. The van der Waals surface area contributed by atoms with Crippen molar-refractivity contribution in [2.75, 3.05) is 19.5 Å². The lowest BCUT2D eigenvalue weighted by molar-refractivity contribution is 0.199. The number of carbonyl (C=O) groups is 1. The van der Waals surface area contributed by atoms with Crippen LogP contribution in [-0.2, 0) is 0 Å². The Hall–Kier alpha value is -2.56. The fourth-order valence-corrected chi connectivity index (χ4v) is 2.44. The molecule has 2 rings (SSSR count). The van der Waals surface area contributed by atoms with E-state index >= 15 is 0 Å². The maximum absolute atomic E-state index is 12.5. The van der Waals surface area contributed by atoms with Crippen LogP contribution in [-0.4, -0.2) is 30.1 Å². The van der Waals surface area contributed by atoms with E-state index in [1.165, 1.54) is 0 Å². The van der Waals surface area contributed by atoms with E-state index < -0.39 is 0 Å². The number of nitrogens with one attached hydrogen (secondary N) is 1. The molecule has 0 bridgehead atoms. The molecule has 1 unspecified atom stereocenters. The minimum absolute atomic E-state index is 0.0493. The Kier molecular flexibility index (Phi) is 5.97. The van der Waals surface area contributed by atoms with Crippen molar-refractivity contribution >= 4 is 11.7 Å². The van der Waals surface area contributed by atoms with Gasteiger partial charge in [0.05, 0.1) is 18.8 Å². The Morgan fingerprint density at radius 2 is 2.13 bits per heavy atom. The number of rotatable bonds is 6. The van der Waals surface area contributed by atoms with E-state index in [-0.39, 0.29) is 12.1 Å². The predicted octanol–water partition coefficient (Wildman–Crippen LogP) is 4.10. The summed E-state index contributed by atoms with van der Waals surface area (Å²) < 4.78 is 5.18. The van der Waals surface area contributed by atoms with E-state index in [1.807, 2.05) is 36.4 Å². The van der Waals surface area contributed by atoms with E-state index in [9.17, 15) is 4.79 Å². The average molecular weight is 313 g/mol. The van der Waals surface area contributed by atoms with Crippen LogP contribution in [0.15, 0.2) is 48.7 Å².